The van der Waals surface area contributed by atoms with Gasteiger partial charge in [-0.05, 0) is 48.0 Å². The molecule has 1 atom stereocenters. The van der Waals surface area contributed by atoms with Crippen LogP contribution in [-0.4, -0.2) is 51.9 Å². The molecule has 16 heteroatoms. The first kappa shape index (κ1) is 33.6. The molecule has 0 aliphatic heterocycles. The van der Waals surface area contributed by atoms with Gasteiger partial charge in [0.15, 0.2) is 0 Å². The summed E-state index contributed by atoms with van der Waals surface area (Å²) in [5.74, 6) is -3.54. The summed E-state index contributed by atoms with van der Waals surface area (Å²) in [7, 11) is 1.29. The van der Waals surface area contributed by atoms with Crippen molar-refractivity contribution >= 4 is 45.7 Å². The van der Waals surface area contributed by atoms with Crippen molar-refractivity contribution in [3.63, 3.8) is 0 Å². The number of nitrogens with two attached hydrogens (primary N) is 1. The largest absolute Gasteiger partial charge is 0.494 e. The molecule has 0 aliphatic rings. The number of nitrogens with one attached hydrogen (secondary N) is 1. The number of carbonyl (C=O) groups is 2. The Balaban J connectivity index is 1.62. The molecule has 47 heavy (non-hydrogen) atoms. The van der Waals surface area contributed by atoms with Crippen LogP contribution >= 0.6 is 22.9 Å². The summed E-state index contributed by atoms with van der Waals surface area (Å²) in [5.41, 5.74) is 3.31. The van der Waals surface area contributed by atoms with Crippen LogP contribution < -0.4 is 20.5 Å². The number of methoxy groups -OCH3 is 1. The predicted octanol–water partition coefficient (Wildman–Crippen LogP) is 5.59. The zero-order chi connectivity index (χ0) is 34.0. The number of thiophene rings is 1. The van der Waals surface area contributed by atoms with Crippen molar-refractivity contribution in [1.82, 2.24) is 20.1 Å². The summed E-state index contributed by atoms with van der Waals surface area (Å²) in [5, 5.41) is 21.8. The number of halogens is 5. The Morgan fingerprint density at radius 1 is 1.19 bits per heavy atom. The number of amides is 2. The highest BCUT2D eigenvalue weighted by atomic mass is 35.5. The highest BCUT2D eigenvalue weighted by Crippen LogP contribution is 2.40. The molecule has 2 amide bonds. The minimum Gasteiger partial charge on any atom is -0.494 e. The van der Waals surface area contributed by atoms with Crippen LogP contribution in [0.25, 0.3) is 22.2 Å². The number of fused-ring (bicyclic) bond motifs is 1. The second-order valence-electron chi connectivity index (χ2n) is 10.2. The number of hydrogen-bond donors (Lipinski definition) is 3. The van der Waals surface area contributed by atoms with Crippen molar-refractivity contribution in [2.45, 2.75) is 25.5 Å². The van der Waals surface area contributed by atoms with Crippen LogP contribution in [0, 0.1) is 11.6 Å². The van der Waals surface area contributed by atoms with Gasteiger partial charge in [-0.1, -0.05) is 11.6 Å². The molecule has 0 aliphatic carbocycles. The van der Waals surface area contributed by atoms with Crippen molar-refractivity contribution in [3.8, 4) is 22.8 Å². The Morgan fingerprint density at radius 3 is 2.60 bits per heavy atom. The third-order valence-corrected chi connectivity index (χ3v) is 8.14. The van der Waals surface area contributed by atoms with E-state index in [1.165, 1.54) is 36.6 Å². The number of primary amides is 1. The number of aliphatic hydroxyl groups is 1. The molecular weight excluding hydrogens is 666 g/mol. The number of nitrogens with zero attached hydrogens (tertiary/aromatic N) is 3. The van der Waals surface area contributed by atoms with Gasteiger partial charge in [-0.25, -0.2) is 18.4 Å². The summed E-state index contributed by atoms with van der Waals surface area (Å²) in [6.07, 6.45) is 0.653. The number of benzene rings is 2. The lowest BCUT2D eigenvalue weighted by molar-refractivity contribution is -0.117. The van der Waals surface area contributed by atoms with E-state index in [0.29, 0.717) is 10.7 Å². The van der Waals surface area contributed by atoms with Crippen LogP contribution in [0.1, 0.15) is 40.7 Å². The summed E-state index contributed by atoms with van der Waals surface area (Å²) in [4.78, 5) is 30.1. The number of hydrogen-bond acceptors (Lipinski definition) is 8. The van der Waals surface area contributed by atoms with Gasteiger partial charge in [0.1, 0.15) is 39.9 Å². The standard InChI is InChI=1S/C31H26ClF4N5O5S/c1-3-46-28-15(9-25(37)42)8-24(39-27(28)19-10-20(32)22(34)11-21(19)33)31(44,18-4-5-47-13-18)14-38-29(43)16-6-17-12-41(30(35)36)40-26(17)23(7-16)45-2/h4-8,10-13,30,44H,3,9,14H2,1-2H3,(H2,37,42)(H,38,43)/t31-/m1/s1. The van der Waals surface area contributed by atoms with E-state index in [0.717, 1.165) is 12.3 Å². The molecule has 0 fully saturated rings. The minimum atomic E-state index is -2.92. The van der Waals surface area contributed by atoms with Crippen LogP contribution in [0.2, 0.25) is 5.02 Å². The van der Waals surface area contributed by atoms with Crippen LogP contribution in [0.4, 0.5) is 17.6 Å². The van der Waals surface area contributed by atoms with Crippen molar-refractivity contribution < 1.29 is 41.7 Å². The average Bonchev–Trinajstić information content (AvgIpc) is 3.73. The molecule has 5 rings (SSSR count). The van der Waals surface area contributed by atoms with E-state index in [-0.39, 0.29) is 62.7 Å². The maximum atomic E-state index is 15.2. The lowest BCUT2D eigenvalue weighted by Crippen LogP contribution is -2.42. The lowest BCUT2D eigenvalue weighted by atomic mass is 9.89. The molecule has 246 valence electrons. The molecule has 0 spiro atoms. The zero-order valence-corrected chi connectivity index (χ0v) is 26.3. The van der Waals surface area contributed by atoms with Crippen molar-refractivity contribution in [3.05, 3.63) is 92.4 Å². The average molecular weight is 692 g/mol. The van der Waals surface area contributed by atoms with Gasteiger partial charge in [0.2, 0.25) is 5.91 Å². The van der Waals surface area contributed by atoms with Crippen molar-refractivity contribution in [2.75, 3.05) is 20.3 Å². The van der Waals surface area contributed by atoms with E-state index in [4.69, 9.17) is 26.8 Å². The number of aromatic nitrogens is 3. The quantitative estimate of drug-likeness (QED) is 0.114. The number of carbonyl (C=O) groups excluding carboxylic acids is 2. The highest BCUT2D eigenvalue weighted by molar-refractivity contribution is 7.08. The molecule has 4 N–H and O–H groups in total. The normalized spacial score (nSPS) is 12.7. The molecule has 0 unspecified atom stereocenters. The fourth-order valence-electron chi connectivity index (χ4n) is 4.97. The van der Waals surface area contributed by atoms with E-state index in [2.05, 4.69) is 15.4 Å². The van der Waals surface area contributed by atoms with Gasteiger partial charge in [-0.15, -0.1) is 0 Å². The van der Waals surface area contributed by atoms with Gasteiger partial charge < -0.3 is 25.6 Å². The summed E-state index contributed by atoms with van der Waals surface area (Å²) < 4.78 is 67.3. The number of ether oxygens (including phenoxy) is 2. The highest BCUT2D eigenvalue weighted by Gasteiger charge is 2.37. The van der Waals surface area contributed by atoms with Crippen molar-refractivity contribution in [1.29, 1.82) is 0 Å². The summed E-state index contributed by atoms with van der Waals surface area (Å²) in [6, 6.07) is 7.13. The molecule has 3 heterocycles. The Morgan fingerprint density at radius 2 is 1.96 bits per heavy atom. The number of rotatable bonds is 12. The molecule has 0 bridgehead atoms. The maximum Gasteiger partial charge on any atom is 0.333 e. The van der Waals surface area contributed by atoms with E-state index in [1.807, 2.05) is 0 Å². The van der Waals surface area contributed by atoms with E-state index in [1.54, 1.807) is 23.8 Å². The third-order valence-electron chi connectivity index (χ3n) is 7.17. The Kier molecular flexibility index (Phi) is 9.70. The second kappa shape index (κ2) is 13.6. The first-order valence-electron chi connectivity index (χ1n) is 13.8. The predicted molar refractivity (Wildman–Crippen MR) is 166 cm³/mol. The van der Waals surface area contributed by atoms with E-state index >= 15 is 4.39 Å². The molecule has 2 aromatic carbocycles. The SMILES string of the molecule is CCOc1c(CC(N)=O)cc([C@@](O)(CNC(=O)c2cc(OC)c3nn(C(F)F)cc3c2)c2ccsc2)nc1-c1cc(Cl)c(F)cc1F. The number of pyridine rings is 1. The Hall–Kier alpha value is -4.73. The van der Waals surface area contributed by atoms with E-state index < -0.39 is 53.6 Å². The van der Waals surface area contributed by atoms with Gasteiger partial charge >= 0.3 is 6.55 Å². The first-order chi connectivity index (χ1) is 22.4. The lowest BCUT2D eigenvalue weighted by Gasteiger charge is -2.29. The monoisotopic (exact) mass is 691 g/mol. The molecule has 3 aromatic heterocycles. The smallest absolute Gasteiger partial charge is 0.333 e. The maximum absolute atomic E-state index is 15.2. The zero-order valence-electron chi connectivity index (χ0n) is 24.7. The summed E-state index contributed by atoms with van der Waals surface area (Å²) in [6.45, 7) is -1.73. The molecule has 0 saturated carbocycles. The molecule has 10 nitrogen and oxygen atoms in total. The van der Waals surface area contributed by atoms with Crippen LogP contribution in [0.5, 0.6) is 11.5 Å². The van der Waals surface area contributed by atoms with Gasteiger partial charge in [-0.2, -0.15) is 25.2 Å². The van der Waals surface area contributed by atoms with Crippen LogP contribution in [0.3, 0.4) is 0 Å². The number of alkyl halides is 2. The van der Waals surface area contributed by atoms with Gasteiger partial charge in [0, 0.05) is 39.9 Å². The van der Waals surface area contributed by atoms with Crippen LogP contribution in [0.15, 0.2) is 53.4 Å². The summed E-state index contributed by atoms with van der Waals surface area (Å²) >= 11 is 7.22. The van der Waals surface area contributed by atoms with Crippen LogP contribution in [-0.2, 0) is 16.8 Å². The molecular formula is C31H26ClF4N5O5S. The fraction of sp³-hybridized carbons (Fsp3) is 0.226. The van der Waals surface area contributed by atoms with Gasteiger partial charge in [0.05, 0.1) is 37.4 Å². The second-order valence-corrected chi connectivity index (χ2v) is 11.4. The van der Waals surface area contributed by atoms with Gasteiger partial charge in [0.25, 0.3) is 5.91 Å². The molecule has 0 radical (unpaired) electrons. The Labute approximate surface area is 273 Å². The Bertz CT molecular complexity index is 1970. The van der Waals surface area contributed by atoms with Crippen molar-refractivity contribution in [2.24, 2.45) is 5.73 Å². The molecule has 0 saturated heterocycles. The topological polar surface area (TPSA) is 142 Å². The first-order valence-corrected chi connectivity index (χ1v) is 15.2. The fourth-order valence-corrected chi connectivity index (χ4v) is 5.86. The van der Waals surface area contributed by atoms with E-state index in [9.17, 15) is 27.9 Å². The van der Waals surface area contributed by atoms with Gasteiger partial charge in [-0.3, -0.25) is 9.59 Å². The third kappa shape index (κ3) is 6.73. The minimum absolute atomic E-state index is 0.00798. The molecule has 5 aromatic rings.